The van der Waals surface area contributed by atoms with Gasteiger partial charge in [-0.3, -0.25) is 4.79 Å². The highest BCUT2D eigenvalue weighted by atomic mass is 19.4. The standard InChI is InChI=1S/C24H20F3N5O2/c1-16-20(14-31-32(16)21-8-7-19(13-29-21)24(25,26)27)23(33)30-12-18-9-10-28-22(11-18)34-15-17-5-3-2-4-6-17/h2-11,13-14H,12,15H2,1H3,(H,30,33). The van der Waals surface area contributed by atoms with Crippen LogP contribution in [0.1, 0.15) is 32.7 Å². The first-order valence-electron chi connectivity index (χ1n) is 10.3. The molecule has 3 heterocycles. The first-order valence-corrected chi connectivity index (χ1v) is 10.3. The number of pyridine rings is 2. The number of alkyl halides is 3. The van der Waals surface area contributed by atoms with Crippen LogP contribution in [0.15, 0.2) is 73.2 Å². The van der Waals surface area contributed by atoms with Crippen LogP contribution in [-0.4, -0.2) is 25.7 Å². The molecule has 0 aliphatic heterocycles. The Morgan fingerprint density at radius 3 is 2.53 bits per heavy atom. The summed E-state index contributed by atoms with van der Waals surface area (Å²) in [6.45, 7) is 2.25. The number of rotatable bonds is 7. The molecule has 0 saturated carbocycles. The second-order valence-corrected chi connectivity index (χ2v) is 7.42. The van der Waals surface area contributed by atoms with Crippen LogP contribution in [0.4, 0.5) is 13.2 Å². The van der Waals surface area contributed by atoms with Gasteiger partial charge in [-0.05, 0) is 36.2 Å². The molecule has 0 radical (unpaired) electrons. The maximum Gasteiger partial charge on any atom is 0.417 e. The van der Waals surface area contributed by atoms with Crippen molar-refractivity contribution in [3.8, 4) is 11.7 Å². The molecule has 0 saturated heterocycles. The summed E-state index contributed by atoms with van der Waals surface area (Å²) in [5.41, 5.74) is 1.69. The van der Waals surface area contributed by atoms with E-state index in [9.17, 15) is 18.0 Å². The Labute approximate surface area is 193 Å². The first kappa shape index (κ1) is 23.0. The van der Waals surface area contributed by atoms with Crippen molar-refractivity contribution in [2.75, 3.05) is 0 Å². The van der Waals surface area contributed by atoms with Gasteiger partial charge in [0, 0.05) is 25.0 Å². The molecule has 0 fully saturated rings. The summed E-state index contributed by atoms with van der Waals surface area (Å²) >= 11 is 0. The van der Waals surface area contributed by atoms with Crippen molar-refractivity contribution in [3.63, 3.8) is 0 Å². The lowest BCUT2D eigenvalue weighted by atomic mass is 10.2. The number of ether oxygens (including phenoxy) is 1. The van der Waals surface area contributed by atoms with Crippen molar-refractivity contribution in [2.45, 2.75) is 26.3 Å². The normalized spacial score (nSPS) is 11.3. The van der Waals surface area contributed by atoms with Crippen molar-refractivity contribution in [2.24, 2.45) is 0 Å². The molecule has 0 bridgehead atoms. The maximum atomic E-state index is 12.8. The molecule has 4 rings (SSSR count). The molecule has 4 aromatic rings. The third-order valence-electron chi connectivity index (χ3n) is 5.03. The molecule has 34 heavy (non-hydrogen) atoms. The Morgan fingerprint density at radius 2 is 1.82 bits per heavy atom. The third kappa shape index (κ3) is 5.40. The summed E-state index contributed by atoms with van der Waals surface area (Å²) in [4.78, 5) is 20.7. The minimum Gasteiger partial charge on any atom is -0.473 e. The van der Waals surface area contributed by atoms with Crippen molar-refractivity contribution in [1.29, 1.82) is 0 Å². The lowest BCUT2D eigenvalue weighted by Gasteiger charge is -2.09. The molecule has 3 aromatic heterocycles. The van der Waals surface area contributed by atoms with E-state index in [1.165, 1.54) is 16.9 Å². The molecule has 174 valence electrons. The second-order valence-electron chi connectivity index (χ2n) is 7.42. The number of carbonyl (C=O) groups excluding carboxylic acids is 1. The predicted octanol–water partition coefficient (Wildman–Crippen LogP) is 4.50. The van der Waals surface area contributed by atoms with Gasteiger partial charge in [0.2, 0.25) is 5.88 Å². The van der Waals surface area contributed by atoms with Crippen LogP contribution in [0.2, 0.25) is 0 Å². The second kappa shape index (κ2) is 9.74. The predicted molar refractivity (Wildman–Crippen MR) is 117 cm³/mol. The van der Waals surface area contributed by atoms with Crippen molar-refractivity contribution in [3.05, 3.63) is 101 Å². The topological polar surface area (TPSA) is 81.9 Å². The van der Waals surface area contributed by atoms with Crippen LogP contribution >= 0.6 is 0 Å². The molecule has 1 aromatic carbocycles. The average molecular weight is 467 g/mol. The van der Waals surface area contributed by atoms with Gasteiger partial charge >= 0.3 is 6.18 Å². The molecular formula is C24H20F3N5O2. The number of carbonyl (C=O) groups is 1. The van der Waals surface area contributed by atoms with E-state index < -0.39 is 11.7 Å². The van der Waals surface area contributed by atoms with E-state index in [1.54, 1.807) is 25.3 Å². The van der Waals surface area contributed by atoms with Gasteiger partial charge in [-0.1, -0.05) is 30.3 Å². The monoisotopic (exact) mass is 467 g/mol. The maximum absolute atomic E-state index is 12.8. The molecule has 0 aliphatic carbocycles. The van der Waals surface area contributed by atoms with Gasteiger partial charge in [-0.15, -0.1) is 0 Å². The number of benzene rings is 1. The molecule has 1 amide bonds. The van der Waals surface area contributed by atoms with Crippen LogP contribution in [-0.2, 0) is 19.3 Å². The van der Waals surface area contributed by atoms with Gasteiger partial charge in [0.25, 0.3) is 5.91 Å². The number of amides is 1. The van der Waals surface area contributed by atoms with Gasteiger partial charge in [0.15, 0.2) is 5.82 Å². The van der Waals surface area contributed by atoms with Gasteiger partial charge < -0.3 is 10.1 Å². The van der Waals surface area contributed by atoms with Gasteiger partial charge in [-0.25, -0.2) is 14.6 Å². The Bertz CT molecular complexity index is 1270. The zero-order valence-electron chi connectivity index (χ0n) is 18.1. The minimum atomic E-state index is -4.48. The van der Waals surface area contributed by atoms with Crippen LogP contribution in [0.25, 0.3) is 5.82 Å². The number of hydrogen-bond donors (Lipinski definition) is 1. The fourth-order valence-corrected chi connectivity index (χ4v) is 3.19. The number of aromatic nitrogens is 4. The number of halogens is 3. The Balaban J connectivity index is 1.39. The van der Waals surface area contributed by atoms with E-state index in [0.29, 0.717) is 18.2 Å². The third-order valence-corrected chi connectivity index (χ3v) is 5.03. The smallest absolute Gasteiger partial charge is 0.417 e. The summed E-state index contributed by atoms with van der Waals surface area (Å²) in [6.07, 6.45) is -0.793. The summed E-state index contributed by atoms with van der Waals surface area (Å²) < 4.78 is 45.3. The largest absolute Gasteiger partial charge is 0.473 e. The molecule has 10 heteroatoms. The van der Waals surface area contributed by atoms with Gasteiger partial charge in [-0.2, -0.15) is 18.3 Å². The Morgan fingerprint density at radius 1 is 1.03 bits per heavy atom. The van der Waals surface area contributed by atoms with E-state index in [1.807, 2.05) is 30.3 Å². The number of nitrogens with zero attached hydrogens (tertiary/aromatic N) is 4. The molecule has 1 N–H and O–H groups in total. The van der Waals surface area contributed by atoms with Crippen LogP contribution in [0.5, 0.6) is 5.88 Å². The fraction of sp³-hybridized carbons (Fsp3) is 0.167. The minimum absolute atomic E-state index is 0.180. The van der Waals surface area contributed by atoms with Crippen LogP contribution in [0.3, 0.4) is 0 Å². The van der Waals surface area contributed by atoms with E-state index in [0.717, 1.165) is 23.4 Å². The zero-order chi connectivity index (χ0) is 24.1. The highest BCUT2D eigenvalue weighted by Gasteiger charge is 2.30. The SMILES string of the molecule is Cc1c(C(=O)NCc2ccnc(OCc3ccccc3)c2)cnn1-c1ccc(C(F)(F)F)cn1. The van der Waals surface area contributed by atoms with E-state index in [-0.39, 0.29) is 23.8 Å². The summed E-state index contributed by atoms with van der Waals surface area (Å²) in [6, 6.07) is 15.3. The van der Waals surface area contributed by atoms with Gasteiger partial charge in [0.05, 0.1) is 23.0 Å². The molecule has 0 spiro atoms. The molecule has 7 nitrogen and oxygen atoms in total. The Hall–Kier alpha value is -4.21. The van der Waals surface area contributed by atoms with Gasteiger partial charge in [0.1, 0.15) is 6.61 Å². The van der Waals surface area contributed by atoms with Crippen molar-refractivity contribution >= 4 is 5.91 Å². The van der Waals surface area contributed by atoms with E-state index >= 15 is 0 Å². The number of nitrogens with one attached hydrogen (secondary N) is 1. The summed E-state index contributed by atoms with van der Waals surface area (Å²) in [5.74, 6) is 0.242. The number of hydrogen-bond acceptors (Lipinski definition) is 5. The first-order chi connectivity index (χ1) is 16.3. The average Bonchev–Trinajstić information content (AvgIpc) is 3.23. The highest BCUT2D eigenvalue weighted by Crippen LogP contribution is 2.28. The molecule has 0 aliphatic rings. The Kier molecular flexibility index (Phi) is 6.58. The van der Waals surface area contributed by atoms with E-state index in [2.05, 4.69) is 20.4 Å². The van der Waals surface area contributed by atoms with E-state index in [4.69, 9.17) is 4.74 Å². The lowest BCUT2D eigenvalue weighted by Crippen LogP contribution is -2.23. The summed E-state index contributed by atoms with van der Waals surface area (Å²) in [5, 5.41) is 6.91. The molecular weight excluding hydrogens is 447 g/mol. The molecule has 0 unspecified atom stereocenters. The molecule has 0 atom stereocenters. The highest BCUT2D eigenvalue weighted by molar-refractivity contribution is 5.95. The fourth-order valence-electron chi connectivity index (χ4n) is 3.19. The van der Waals surface area contributed by atoms with Crippen LogP contribution in [0, 0.1) is 6.92 Å². The quantitative estimate of drug-likeness (QED) is 0.433. The van der Waals surface area contributed by atoms with Crippen molar-refractivity contribution in [1.82, 2.24) is 25.1 Å². The van der Waals surface area contributed by atoms with Crippen molar-refractivity contribution < 1.29 is 22.7 Å². The summed E-state index contributed by atoms with van der Waals surface area (Å²) in [7, 11) is 0. The lowest BCUT2D eigenvalue weighted by molar-refractivity contribution is -0.137. The van der Waals surface area contributed by atoms with Crippen LogP contribution < -0.4 is 10.1 Å². The zero-order valence-corrected chi connectivity index (χ0v) is 18.1.